The predicted molar refractivity (Wildman–Crippen MR) is 102 cm³/mol. The first-order chi connectivity index (χ1) is 12.1. The molecule has 0 aliphatic rings. The third-order valence-electron chi connectivity index (χ3n) is 4.52. The largest absolute Gasteiger partial charge is 0.496 e. The first kappa shape index (κ1) is 15.4. The summed E-state index contributed by atoms with van der Waals surface area (Å²) < 4.78 is 7.65. The van der Waals surface area contributed by atoms with Crippen molar-refractivity contribution in [2.24, 2.45) is 0 Å². The zero-order valence-corrected chi connectivity index (χ0v) is 14.8. The SMILES string of the molecule is CNc1nc2ccc(C)cc2n2c(-c3ccc(C)c(OC)c3)cnc12. The molecule has 126 valence electrons. The second kappa shape index (κ2) is 5.77. The highest BCUT2D eigenvalue weighted by molar-refractivity contribution is 5.86. The third kappa shape index (κ3) is 2.39. The van der Waals surface area contributed by atoms with E-state index in [9.17, 15) is 0 Å². The first-order valence-electron chi connectivity index (χ1n) is 8.23. The average molecular weight is 332 g/mol. The number of hydrogen-bond acceptors (Lipinski definition) is 4. The molecule has 0 saturated carbocycles. The molecule has 2 heterocycles. The molecule has 4 aromatic rings. The van der Waals surface area contributed by atoms with Crippen molar-refractivity contribution in [2.45, 2.75) is 13.8 Å². The number of ether oxygens (including phenoxy) is 1. The Morgan fingerprint density at radius 2 is 1.92 bits per heavy atom. The highest BCUT2D eigenvalue weighted by atomic mass is 16.5. The molecule has 4 rings (SSSR count). The molecule has 2 aromatic carbocycles. The van der Waals surface area contributed by atoms with Crippen molar-refractivity contribution in [3.05, 3.63) is 53.7 Å². The highest BCUT2D eigenvalue weighted by Crippen LogP contribution is 2.31. The first-order valence-corrected chi connectivity index (χ1v) is 8.23. The normalized spacial score (nSPS) is 11.2. The minimum atomic E-state index is 0.765. The fourth-order valence-electron chi connectivity index (χ4n) is 3.19. The summed E-state index contributed by atoms with van der Waals surface area (Å²) in [4.78, 5) is 9.32. The summed E-state index contributed by atoms with van der Waals surface area (Å²) in [6.45, 7) is 4.13. The zero-order valence-electron chi connectivity index (χ0n) is 14.8. The van der Waals surface area contributed by atoms with Crippen molar-refractivity contribution in [3.63, 3.8) is 0 Å². The molecule has 1 N–H and O–H groups in total. The number of rotatable bonds is 3. The van der Waals surface area contributed by atoms with E-state index in [1.165, 1.54) is 5.56 Å². The lowest BCUT2D eigenvalue weighted by atomic mass is 10.1. The average Bonchev–Trinajstić information content (AvgIpc) is 3.07. The number of aryl methyl sites for hydroxylation is 2. The van der Waals surface area contributed by atoms with Gasteiger partial charge in [-0.3, -0.25) is 4.40 Å². The van der Waals surface area contributed by atoms with Crippen LogP contribution in [-0.4, -0.2) is 28.5 Å². The molecule has 0 unspecified atom stereocenters. The van der Waals surface area contributed by atoms with Crippen molar-refractivity contribution in [3.8, 4) is 17.0 Å². The summed E-state index contributed by atoms with van der Waals surface area (Å²) in [6, 6.07) is 12.5. The van der Waals surface area contributed by atoms with Crippen LogP contribution in [-0.2, 0) is 0 Å². The van der Waals surface area contributed by atoms with Crippen molar-refractivity contribution in [2.75, 3.05) is 19.5 Å². The van der Waals surface area contributed by atoms with Crippen molar-refractivity contribution >= 4 is 22.5 Å². The quantitative estimate of drug-likeness (QED) is 0.610. The summed E-state index contributed by atoms with van der Waals surface area (Å²) in [5.74, 6) is 1.64. The van der Waals surface area contributed by atoms with E-state index in [-0.39, 0.29) is 0 Å². The van der Waals surface area contributed by atoms with Crippen LogP contribution in [0.5, 0.6) is 5.75 Å². The van der Waals surface area contributed by atoms with Crippen LogP contribution in [0.4, 0.5) is 5.82 Å². The van der Waals surface area contributed by atoms with E-state index in [1.807, 2.05) is 26.2 Å². The molecule has 0 radical (unpaired) electrons. The monoisotopic (exact) mass is 332 g/mol. The summed E-state index contributed by atoms with van der Waals surface area (Å²) >= 11 is 0. The van der Waals surface area contributed by atoms with E-state index in [2.05, 4.69) is 52.0 Å². The summed E-state index contributed by atoms with van der Waals surface area (Å²) in [5, 5.41) is 3.15. The van der Waals surface area contributed by atoms with Crippen molar-refractivity contribution in [1.29, 1.82) is 0 Å². The molecule has 0 aliphatic carbocycles. The van der Waals surface area contributed by atoms with E-state index < -0.39 is 0 Å². The van der Waals surface area contributed by atoms with Gasteiger partial charge in [0.2, 0.25) is 0 Å². The van der Waals surface area contributed by atoms with E-state index >= 15 is 0 Å². The van der Waals surface area contributed by atoms with Gasteiger partial charge in [-0.05, 0) is 43.2 Å². The number of anilines is 1. The molecule has 0 spiro atoms. The number of aromatic nitrogens is 3. The van der Waals surface area contributed by atoms with Gasteiger partial charge in [0, 0.05) is 12.6 Å². The molecule has 0 saturated heterocycles. The van der Waals surface area contributed by atoms with Gasteiger partial charge in [-0.2, -0.15) is 0 Å². The lowest BCUT2D eigenvalue weighted by Crippen LogP contribution is -2.01. The molecule has 2 aromatic heterocycles. The van der Waals surface area contributed by atoms with Gasteiger partial charge in [0.1, 0.15) is 5.75 Å². The lowest BCUT2D eigenvalue weighted by molar-refractivity contribution is 0.412. The Bertz CT molecular complexity index is 1100. The van der Waals surface area contributed by atoms with Gasteiger partial charge in [0.05, 0.1) is 30.0 Å². The van der Waals surface area contributed by atoms with E-state index in [4.69, 9.17) is 9.72 Å². The topological polar surface area (TPSA) is 51.5 Å². The maximum absolute atomic E-state index is 5.49. The second-order valence-electron chi connectivity index (χ2n) is 6.19. The molecule has 0 fully saturated rings. The van der Waals surface area contributed by atoms with Crippen molar-refractivity contribution < 1.29 is 4.74 Å². The van der Waals surface area contributed by atoms with Crippen LogP contribution in [0, 0.1) is 13.8 Å². The lowest BCUT2D eigenvalue weighted by Gasteiger charge is -2.11. The Morgan fingerprint density at radius 1 is 1.08 bits per heavy atom. The number of imidazole rings is 1. The number of hydrogen-bond donors (Lipinski definition) is 1. The molecule has 0 aliphatic heterocycles. The van der Waals surface area contributed by atoms with Gasteiger partial charge < -0.3 is 10.1 Å². The highest BCUT2D eigenvalue weighted by Gasteiger charge is 2.15. The van der Waals surface area contributed by atoms with Crippen LogP contribution in [0.25, 0.3) is 27.9 Å². The van der Waals surface area contributed by atoms with Crippen LogP contribution >= 0.6 is 0 Å². The van der Waals surface area contributed by atoms with Crippen molar-refractivity contribution in [1.82, 2.24) is 14.4 Å². The Balaban J connectivity index is 2.10. The summed E-state index contributed by atoms with van der Waals surface area (Å²) in [7, 11) is 3.56. The fourth-order valence-corrected chi connectivity index (χ4v) is 3.19. The molecule has 0 bridgehead atoms. The Kier molecular flexibility index (Phi) is 3.57. The van der Waals surface area contributed by atoms with E-state index in [1.54, 1.807) is 7.11 Å². The number of nitrogens with zero attached hydrogens (tertiary/aromatic N) is 3. The third-order valence-corrected chi connectivity index (χ3v) is 4.52. The number of methoxy groups -OCH3 is 1. The Hall–Kier alpha value is -3.08. The zero-order chi connectivity index (χ0) is 17.6. The molecular formula is C20H20N4O. The van der Waals surface area contributed by atoms with E-state index in [0.717, 1.165) is 45.1 Å². The standard InChI is InChI=1S/C20H20N4O/c1-12-5-8-15-16(9-12)24-17(11-22-20(24)19(21-3)23-15)14-7-6-13(2)18(10-14)25-4/h5-11H,1-4H3,(H,21,23). The van der Waals surface area contributed by atoms with Crippen LogP contribution in [0.15, 0.2) is 42.6 Å². The van der Waals surface area contributed by atoms with Gasteiger partial charge >= 0.3 is 0 Å². The van der Waals surface area contributed by atoms with Gasteiger partial charge in [0.15, 0.2) is 11.5 Å². The van der Waals surface area contributed by atoms with Crippen LogP contribution in [0.1, 0.15) is 11.1 Å². The second-order valence-corrected chi connectivity index (χ2v) is 6.19. The molecule has 5 heteroatoms. The summed E-state index contributed by atoms with van der Waals surface area (Å²) in [5.41, 5.74) is 7.16. The van der Waals surface area contributed by atoms with Crippen LogP contribution < -0.4 is 10.1 Å². The van der Waals surface area contributed by atoms with Crippen LogP contribution in [0.2, 0.25) is 0 Å². The van der Waals surface area contributed by atoms with Gasteiger partial charge in [-0.25, -0.2) is 9.97 Å². The van der Waals surface area contributed by atoms with Gasteiger partial charge in [-0.15, -0.1) is 0 Å². The maximum Gasteiger partial charge on any atom is 0.181 e. The Labute approximate surface area is 146 Å². The number of fused-ring (bicyclic) bond motifs is 3. The smallest absolute Gasteiger partial charge is 0.181 e. The molecule has 0 amide bonds. The van der Waals surface area contributed by atoms with Gasteiger partial charge in [0.25, 0.3) is 0 Å². The molecule has 0 atom stereocenters. The predicted octanol–water partition coefficient (Wildman–Crippen LogP) is 4.22. The number of benzene rings is 2. The molecular weight excluding hydrogens is 312 g/mol. The van der Waals surface area contributed by atoms with Gasteiger partial charge in [-0.1, -0.05) is 18.2 Å². The molecule has 5 nitrogen and oxygen atoms in total. The Morgan fingerprint density at radius 3 is 2.68 bits per heavy atom. The summed E-state index contributed by atoms with van der Waals surface area (Å²) in [6.07, 6.45) is 1.89. The minimum absolute atomic E-state index is 0.765. The fraction of sp³-hybridized carbons (Fsp3) is 0.200. The maximum atomic E-state index is 5.49. The minimum Gasteiger partial charge on any atom is -0.496 e. The number of nitrogens with one attached hydrogen (secondary N) is 1. The van der Waals surface area contributed by atoms with E-state index in [0.29, 0.717) is 0 Å². The molecule has 25 heavy (non-hydrogen) atoms. The van der Waals surface area contributed by atoms with Crippen LogP contribution in [0.3, 0.4) is 0 Å².